The normalized spacial score (nSPS) is 17.7. The maximum Gasteiger partial charge on any atom is 0.0659 e. The Morgan fingerprint density at radius 2 is 2.06 bits per heavy atom. The number of hydrogen-bond acceptors (Lipinski definition) is 3. The van der Waals surface area contributed by atoms with E-state index >= 15 is 0 Å². The molecule has 18 heavy (non-hydrogen) atoms. The molecule has 0 aromatic heterocycles. The van der Waals surface area contributed by atoms with Crippen molar-refractivity contribution in [1.29, 1.82) is 0 Å². The van der Waals surface area contributed by atoms with Crippen molar-refractivity contribution in [3.05, 3.63) is 35.9 Å². The second-order valence-electron chi connectivity index (χ2n) is 4.93. The quantitative estimate of drug-likeness (QED) is 0.799. The van der Waals surface area contributed by atoms with Crippen LogP contribution < -0.4 is 5.32 Å². The number of methoxy groups -OCH3 is 1. The molecule has 0 spiro atoms. The molecule has 1 aromatic rings. The molecule has 0 aliphatic carbocycles. The zero-order chi connectivity index (χ0) is 12.8. The smallest absolute Gasteiger partial charge is 0.0659 e. The lowest BCUT2D eigenvalue weighted by molar-refractivity contribution is 0.0405. The molecule has 1 heterocycles. The summed E-state index contributed by atoms with van der Waals surface area (Å²) in [4.78, 5) is 2.59. The van der Waals surface area contributed by atoms with Crippen LogP contribution in [-0.4, -0.2) is 44.3 Å². The van der Waals surface area contributed by atoms with Crippen molar-refractivity contribution in [3.8, 4) is 0 Å². The summed E-state index contributed by atoms with van der Waals surface area (Å²) in [6.07, 6.45) is 1.18. The van der Waals surface area contributed by atoms with Gasteiger partial charge in [0, 0.05) is 26.2 Å². The van der Waals surface area contributed by atoms with Crippen molar-refractivity contribution in [2.75, 3.05) is 33.4 Å². The first-order valence-electron chi connectivity index (χ1n) is 6.87. The highest BCUT2D eigenvalue weighted by atomic mass is 16.5. The zero-order valence-electron chi connectivity index (χ0n) is 11.4. The van der Waals surface area contributed by atoms with Gasteiger partial charge in [-0.15, -0.1) is 0 Å². The summed E-state index contributed by atoms with van der Waals surface area (Å²) < 4.78 is 5.44. The number of nitrogens with zero attached hydrogens (tertiary/aromatic N) is 1. The average molecular weight is 248 g/mol. The van der Waals surface area contributed by atoms with Crippen LogP contribution in [0.3, 0.4) is 0 Å². The Morgan fingerprint density at radius 1 is 1.33 bits per heavy atom. The van der Waals surface area contributed by atoms with E-state index in [9.17, 15) is 0 Å². The SMILES string of the molecule is CCCN(C1CNC1)C(COC)c1ccccc1. The van der Waals surface area contributed by atoms with Gasteiger partial charge in [-0.05, 0) is 18.5 Å². The van der Waals surface area contributed by atoms with E-state index in [2.05, 4.69) is 47.5 Å². The van der Waals surface area contributed by atoms with Gasteiger partial charge in [-0.2, -0.15) is 0 Å². The number of rotatable bonds is 7. The molecule has 1 atom stereocenters. The Bertz CT molecular complexity index is 338. The summed E-state index contributed by atoms with van der Waals surface area (Å²) in [6.45, 7) is 6.35. The minimum atomic E-state index is 0.378. The van der Waals surface area contributed by atoms with Gasteiger partial charge in [-0.1, -0.05) is 37.3 Å². The Kier molecular flexibility index (Phi) is 5.17. The van der Waals surface area contributed by atoms with E-state index in [0.717, 1.165) is 26.2 Å². The predicted molar refractivity (Wildman–Crippen MR) is 74.7 cm³/mol. The van der Waals surface area contributed by atoms with Crippen molar-refractivity contribution in [3.63, 3.8) is 0 Å². The average Bonchev–Trinajstić information content (AvgIpc) is 2.34. The van der Waals surface area contributed by atoms with E-state index in [4.69, 9.17) is 4.74 Å². The second-order valence-corrected chi connectivity index (χ2v) is 4.93. The number of ether oxygens (including phenoxy) is 1. The van der Waals surface area contributed by atoms with Crippen LogP contribution in [-0.2, 0) is 4.74 Å². The lowest BCUT2D eigenvalue weighted by atomic mass is 10.0. The van der Waals surface area contributed by atoms with Gasteiger partial charge in [0.15, 0.2) is 0 Å². The van der Waals surface area contributed by atoms with Crippen LogP contribution in [0.2, 0.25) is 0 Å². The summed E-state index contributed by atoms with van der Waals surface area (Å²) in [5, 5.41) is 3.37. The molecule has 0 bridgehead atoms. The molecule has 1 fully saturated rings. The maximum atomic E-state index is 5.44. The van der Waals surface area contributed by atoms with E-state index in [1.807, 2.05) is 0 Å². The van der Waals surface area contributed by atoms with Gasteiger partial charge in [-0.3, -0.25) is 4.90 Å². The minimum absolute atomic E-state index is 0.378. The first kappa shape index (κ1) is 13.5. The van der Waals surface area contributed by atoms with Gasteiger partial charge in [0.1, 0.15) is 0 Å². The fourth-order valence-electron chi connectivity index (χ4n) is 2.58. The monoisotopic (exact) mass is 248 g/mol. The standard InChI is InChI=1S/C15H24N2O/c1-3-9-17(14-10-16-11-14)15(12-18-2)13-7-5-4-6-8-13/h4-8,14-16H,3,9-12H2,1-2H3. The lowest BCUT2D eigenvalue weighted by Crippen LogP contribution is -2.58. The fourth-order valence-corrected chi connectivity index (χ4v) is 2.58. The van der Waals surface area contributed by atoms with Crippen LogP contribution >= 0.6 is 0 Å². The van der Waals surface area contributed by atoms with E-state index in [-0.39, 0.29) is 0 Å². The zero-order valence-corrected chi connectivity index (χ0v) is 11.4. The topological polar surface area (TPSA) is 24.5 Å². The van der Waals surface area contributed by atoms with Gasteiger partial charge in [0.2, 0.25) is 0 Å². The lowest BCUT2D eigenvalue weighted by Gasteiger charge is -2.43. The molecule has 1 N–H and O–H groups in total. The third-order valence-corrected chi connectivity index (χ3v) is 3.62. The molecule has 1 aliphatic rings. The summed E-state index contributed by atoms with van der Waals surface area (Å²) in [5.41, 5.74) is 1.36. The van der Waals surface area contributed by atoms with Crippen LogP contribution in [0, 0.1) is 0 Å². The molecule has 3 heteroatoms. The maximum absolute atomic E-state index is 5.44. The summed E-state index contributed by atoms with van der Waals surface area (Å²) in [5.74, 6) is 0. The van der Waals surface area contributed by atoms with Gasteiger partial charge in [0.05, 0.1) is 12.6 Å². The van der Waals surface area contributed by atoms with Crippen molar-refractivity contribution >= 4 is 0 Å². The largest absolute Gasteiger partial charge is 0.383 e. The van der Waals surface area contributed by atoms with Crippen LogP contribution in [0.25, 0.3) is 0 Å². The minimum Gasteiger partial charge on any atom is -0.383 e. The molecule has 0 saturated carbocycles. The van der Waals surface area contributed by atoms with Crippen molar-refractivity contribution in [1.82, 2.24) is 10.2 Å². The molecule has 2 rings (SSSR count). The Balaban J connectivity index is 2.15. The van der Waals surface area contributed by atoms with Gasteiger partial charge in [0.25, 0.3) is 0 Å². The number of benzene rings is 1. The molecule has 3 nitrogen and oxygen atoms in total. The Hall–Kier alpha value is -0.900. The van der Waals surface area contributed by atoms with E-state index < -0.39 is 0 Å². The first-order chi connectivity index (χ1) is 8.86. The molecule has 1 aromatic carbocycles. The predicted octanol–water partition coefficient (Wildman–Crippen LogP) is 2.06. The molecule has 1 unspecified atom stereocenters. The highest BCUT2D eigenvalue weighted by Gasteiger charge is 2.30. The van der Waals surface area contributed by atoms with Crippen LogP contribution in [0.1, 0.15) is 24.9 Å². The fraction of sp³-hybridized carbons (Fsp3) is 0.600. The number of nitrogens with one attached hydrogen (secondary N) is 1. The van der Waals surface area contributed by atoms with Crippen molar-refractivity contribution in [2.24, 2.45) is 0 Å². The van der Waals surface area contributed by atoms with Crippen LogP contribution in [0.5, 0.6) is 0 Å². The third kappa shape index (κ3) is 3.10. The summed E-state index contributed by atoms with van der Waals surface area (Å²) >= 11 is 0. The van der Waals surface area contributed by atoms with Gasteiger partial charge in [-0.25, -0.2) is 0 Å². The Morgan fingerprint density at radius 3 is 2.56 bits per heavy atom. The molecule has 1 saturated heterocycles. The van der Waals surface area contributed by atoms with Gasteiger partial charge < -0.3 is 10.1 Å². The molecular formula is C15H24N2O. The van der Waals surface area contributed by atoms with E-state index in [0.29, 0.717) is 12.1 Å². The Labute approximate surface area is 110 Å². The molecular weight excluding hydrogens is 224 g/mol. The van der Waals surface area contributed by atoms with Crippen LogP contribution in [0.4, 0.5) is 0 Å². The van der Waals surface area contributed by atoms with Crippen molar-refractivity contribution in [2.45, 2.75) is 25.4 Å². The van der Waals surface area contributed by atoms with E-state index in [1.54, 1.807) is 7.11 Å². The van der Waals surface area contributed by atoms with E-state index in [1.165, 1.54) is 12.0 Å². The third-order valence-electron chi connectivity index (χ3n) is 3.62. The summed E-state index contributed by atoms with van der Waals surface area (Å²) in [6, 6.07) is 11.7. The van der Waals surface area contributed by atoms with Crippen LogP contribution in [0.15, 0.2) is 30.3 Å². The highest BCUT2D eigenvalue weighted by Crippen LogP contribution is 2.25. The molecule has 0 radical (unpaired) electrons. The first-order valence-corrected chi connectivity index (χ1v) is 6.87. The summed E-state index contributed by atoms with van der Waals surface area (Å²) in [7, 11) is 1.79. The highest BCUT2D eigenvalue weighted by molar-refractivity contribution is 5.19. The number of hydrogen-bond donors (Lipinski definition) is 1. The molecule has 1 aliphatic heterocycles. The van der Waals surface area contributed by atoms with Crippen molar-refractivity contribution < 1.29 is 4.74 Å². The molecule has 100 valence electrons. The second kappa shape index (κ2) is 6.88. The molecule has 0 amide bonds. The van der Waals surface area contributed by atoms with Gasteiger partial charge >= 0.3 is 0 Å².